The largest absolute Gasteiger partial charge is 0.462 e. The van der Waals surface area contributed by atoms with Crippen molar-refractivity contribution >= 4 is 5.97 Å². The lowest BCUT2D eigenvalue weighted by atomic mass is 10.1. The summed E-state index contributed by atoms with van der Waals surface area (Å²) in [6, 6.07) is 7.98. The minimum atomic E-state index is -0.246. The van der Waals surface area contributed by atoms with Gasteiger partial charge in [0.1, 0.15) is 0 Å². The van der Waals surface area contributed by atoms with Gasteiger partial charge in [-0.1, -0.05) is 31.2 Å². The monoisotopic (exact) mass is 288 g/mol. The molecular formula is C17H24N2O2. The Morgan fingerprint density at radius 3 is 2.81 bits per heavy atom. The third-order valence-electron chi connectivity index (χ3n) is 3.66. The number of ether oxygens (including phenoxy) is 1. The lowest BCUT2D eigenvalue weighted by Crippen LogP contribution is -2.41. The first-order chi connectivity index (χ1) is 10.2. The van der Waals surface area contributed by atoms with Crippen molar-refractivity contribution in [3.05, 3.63) is 47.5 Å². The van der Waals surface area contributed by atoms with Gasteiger partial charge in [0.25, 0.3) is 0 Å². The van der Waals surface area contributed by atoms with E-state index in [1.807, 2.05) is 31.2 Å². The molecule has 1 aromatic carbocycles. The maximum atomic E-state index is 11.7. The van der Waals surface area contributed by atoms with E-state index < -0.39 is 0 Å². The molecular weight excluding hydrogens is 264 g/mol. The molecule has 0 spiro atoms. The van der Waals surface area contributed by atoms with Crippen LogP contribution < -0.4 is 5.73 Å². The van der Waals surface area contributed by atoms with E-state index in [-0.39, 0.29) is 5.97 Å². The number of esters is 1. The summed E-state index contributed by atoms with van der Waals surface area (Å²) in [7, 11) is 0. The third-order valence-corrected chi connectivity index (χ3v) is 3.66. The second kappa shape index (κ2) is 7.96. The van der Waals surface area contributed by atoms with Gasteiger partial charge in [-0.3, -0.25) is 4.90 Å². The fourth-order valence-electron chi connectivity index (χ4n) is 2.46. The summed E-state index contributed by atoms with van der Waals surface area (Å²) in [6.07, 6.45) is 6.28. The molecule has 114 valence electrons. The van der Waals surface area contributed by atoms with Crippen molar-refractivity contribution in [3.63, 3.8) is 0 Å². The number of nitrogens with two attached hydrogens (primary N) is 1. The minimum absolute atomic E-state index is 0.246. The lowest BCUT2D eigenvalue weighted by molar-refractivity contribution is 0.0505. The van der Waals surface area contributed by atoms with E-state index >= 15 is 0 Å². The van der Waals surface area contributed by atoms with Gasteiger partial charge in [0.05, 0.1) is 12.2 Å². The predicted octanol–water partition coefficient (Wildman–Crippen LogP) is 2.34. The molecule has 0 fully saturated rings. The Balaban J connectivity index is 1.96. The Morgan fingerprint density at radius 2 is 2.14 bits per heavy atom. The Bertz CT molecular complexity index is 482. The molecule has 1 aliphatic heterocycles. The van der Waals surface area contributed by atoms with Crippen LogP contribution in [0.4, 0.5) is 0 Å². The van der Waals surface area contributed by atoms with Gasteiger partial charge < -0.3 is 10.5 Å². The average molecular weight is 288 g/mol. The van der Waals surface area contributed by atoms with Crippen LogP contribution in [0.15, 0.2) is 36.4 Å². The van der Waals surface area contributed by atoms with Crippen molar-refractivity contribution in [2.75, 3.05) is 19.7 Å². The van der Waals surface area contributed by atoms with Crippen LogP contribution in [0.2, 0.25) is 0 Å². The summed E-state index contributed by atoms with van der Waals surface area (Å²) in [4.78, 5) is 14.1. The van der Waals surface area contributed by atoms with Gasteiger partial charge in [0.15, 0.2) is 0 Å². The van der Waals surface area contributed by atoms with Gasteiger partial charge in [-0.05, 0) is 30.5 Å². The molecule has 0 aliphatic carbocycles. The van der Waals surface area contributed by atoms with E-state index in [1.54, 1.807) is 0 Å². The molecule has 4 heteroatoms. The molecule has 2 rings (SSSR count). The van der Waals surface area contributed by atoms with Crippen LogP contribution in [0, 0.1) is 0 Å². The van der Waals surface area contributed by atoms with Gasteiger partial charge in [0.2, 0.25) is 0 Å². The SMILES string of the molecule is CCCOC(=O)c1ccc(CN2CCC=CC2CN)cc1. The van der Waals surface area contributed by atoms with Crippen LogP contribution >= 0.6 is 0 Å². The third kappa shape index (κ3) is 4.41. The summed E-state index contributed by atoms with van der Waals surface area (Å²) in [5.74, 6) is -0.246. The van der Waals surface area contributed by atoms with E-state index in [9.17, 15) is 4.79 Å². The second-order valence-corrected chi connectivity index (χ2v) is 5.32. The number of hydrogen-bond acceptors (Lipinski definition) is 4. The molecule has 1 heterocycles. The number of rotatable bonds is 6. The average Bonchev–Trinajstić information content (AvgIpc) is 2.54. The van der Waals surface area contributed by atoms with Gasteiger partial charge in [-0.25, -0.2) is 4.79 Å². The molecule has 0 saturated carbocycles. The fourth-order valence-corrected chi connectivity index (χ4v) is 2.46. The number of carbonyl (C=O) groups is 1. The summed E-state index contributed by atoms with van der Waals surface area (Å²) >= 11 is 0. The molecule has 0 radical (unpaired) electrons. The second-order valence-electron chi connectivity index (χ2n) is 5.32. The van der Waals surface area contributed by atoms with E-state index in [0.29, 0.717) is 24.8 Å². The van der Waals surface area contributed by atoms with Crippen LogP contribution in [0.1, 0.15) is 35.7 Å². The molecule has 1 aromatic rings. The normalized spacial score (nSPS) is 18.7. The minimum Gasteiger partial charge on any atom is -0.462 e. The zero-order valence-electron chi connectivity index (χ0n) is 12.6. The van der Waals surface area contributed by atoms with Gasteiger partial charge in [-0.15, -0.1) is 0 Å². The van der Waals surface area contributed by atoms with Crippen molar-refractivity contribution in [2.24, 2.45) is 5.73 Å². The van der Waals surface area contributed by atoms with Crippen molar-refractivity contribution in [2.45, 2.75) is 32.4 Å². The molecule has 0 bridgehead atoms. The number of nitrogens with zero attached hydrogens (tertiary/aromatic N) is 1. The quantitative estimate of drug-likeness (QED) is 0.645. The highest BCUT2D eigenvalue weighted by Crippen LogP contribution is 2.15. The Hall–Kier alpha value is -1.65. The van der Waals surface area contributed by atoms with Crippen LogP contribution in [-0.2, 0) is 11.3 Å². The number of benzene rings is 1. The van der Waals surface area contributed by atoms with Crippen LogP contribution in [0.25, 0.3) is 0 Å². The summed E-state index contributed by atoms with van der Waals surface area (Å²) < 4.78 is 5.13. The topological polar surface area (TPSA) is 55.6 Å². The molecule has 0 amide bonds. The Kier molecular flexibility index (Phi) is 5.96. The molecule has 1 atom stereocenters. The fraction of sp³-hybridized carbons (Fsp3) is 0.471. The zero-order chi connectivity index (χ0) is 15.1. The molecule has 1 aliphatic rings. The summed E-state index contributed by atoms with van der Waals surface area (Å²) in [5.41, 5.74) is 7.61. The summed E-state index contributed by atoms with van der Waals surface area (Å²) in [5, 5.41) is 0. The highest BCUT2D eigenvalue weighted by molar-refractivity contribution is 5.89. The summed E-state index contributed by atoms with van der Waals surface area (Å²) in [6.45, 7) is 4.98. The highest BCUT2D eigenvalue weighted by Gasteiger charge is 2.17. The molecule has 0 saturated heterocycles. The van der Waals surface area contributed by atoms with E-state index in [4.69, 9.17) is 10.5 Å². The first-order valence-corrected chi connectivity index (χ1v) is 7.61. The zero-order valence-corrected chi connectivity index (χ0v) is 12.6. The van der Waals surface area contributed by atoms with E-state index in [0.717, 1.165) is 25.9 Å². The van der Waals surface area contributed by atoms with E-state index in [2.05, 4.69) is 17.1 Å². The maximum Gasteiger partial charge on any atom is 0.338 e. The van der Waals surface area contributed by atoms with Crippen molar-refractivity contribution in [3.8, 4) is 0 Å². The van der Waals surface area contributed by atoms with Gasteiger partial charge >= 0.3 is 5.97 Å². The first-order valence-electron chi connectivity index (χ1n) is 7.61. The maximum absolute atomic E-state index is 11.7. The predicted molar refractivity (Wildman–Crippen MR) is 84.0 cm³/mol. The number of hydrogen-bond donors (Lipinski definition) is 1. The molecule has 1 unspecified atom stereocenters. The molecule has 2 N–H and O–H groups in total. The smallest absolute Gasteiger partial charge is 0.338 e. The van der Waals surface area contributed by atoms with Gasteiger partial charge in [-0.2, -0.15) is 0 Å². The molecule has 4 nitrogen and oxygen atoms in total. The Morgan fingerprint density at radius 1 is 1.38 bits per heavy atom. The van der Waals surface area contributed by atoms with Crippen molar-refractivity contribution in [1.82, 2.24) is 4.90 Å². The van der Waals surface area contributed by atoms with Crippen LogP contribution in [-0.4, -0.2) is 36.6 Å². The number of carbonyl (C=O) groups excluding carboxylic acids is 1. The van der Waals surface area contributed by atoms with Crippen LogP contribution in [0.3, 0.4) is 0 Å². The first kappa shape index (κ1) is 15.7. The highest BCUT2D eigenvalue weighted by atomic mass is 16.5. The lowest BCUT2D eigenvalue weighted by Gasteiger charge is -2.31. The van der Waals surface area contributed by atoms with Crippen molar-refractivity contribution in [1.29, 1.82) is 0 Å². The molecule has 0 aromatic heterocycles. The van der Waals surface area contributed by atoms with Crippen LogP contribution in [0.5, 0.6) is 0 Å². The van der Waals surface area contributed by atoms with Crippen molar-refractivity contribution < 1.29 is 9.53 Å². The van der Waals surface area contributed by atoms with Gasteiger partial charge in [0, 0.05) is 25.7 Å². The Labute approximate surface area is 126 Å². The standard InChI is InChI=1S/C17H24N2O2/c1-2-11-21-17(20)15-8-6-14(7-9-15)13-19-10-4-3-5-16(19)12-18/h3,5-9,16H,2,4,10-13,18H2,1H3. The molecule has 21 heavy (non-hydrogen) atoms. The van der Waals surface area contributed by atoms with E-state index in [1.165, 1.54) is 5.56 Å².